The maximum atomic E-state index is 14.4. The number of hydrogen-bond donors (Lipinski definition) is 3. The summed E-state index contributed by atoms with van der Waals surface area (Å²) in [6, 6.07) is 2.32. The van der Waals surface area contributed by atoms with Crippen molar-refractivity contribution in [1.29, 1.82) is 0 Å². The van der Waals surface area contributed by atoms with Crippen LogP contribution in [0.4, 0.5) is 26.2 Å². The first kappa shape index (κ1) is 31.8. The summed E-state index contributed by atoms with van der Waals surface area (Å²) in [4.78, 5) is 83.5. The topological polar surface area (TPSA) is 166 Å². The van der Waals surface area contributed by atoms with Crippen LogP contribution < -0.4 is 31.3 Å². The number of benzene rings is 1. The molecule has 0 spiro atoms. The molecule has 3 N–H and O–H groups in total. The second kappa shape index (κ2) is 12.4. The third kappa shape index (κ3) is 5.50. The minimum atomic E-state index is -1.51. The van der Waals surface area contributed by atoms with E-state index < -0.39 is 70.2 Å². The molecule has 14 heteroatoms. The van der Waals surface area contributed by atoms with Crippen molar-refractivity contribution in [3.05, 3.63) is 62.2 Å². The lowest BCUT2D eigenvalue weighted by Gasteiger charge is -2.36. The first-order chi connectivity index (χ1) is 23.1. The largest absolute Gasteiger partial charge is 0.479 e. The van der Waals surface area contributed by atoms with Crippen molar-refractivity contribution in [2.24, 2.45) is 5.92 Å². The molecule has 2 aromatic carbocycles. The zero-order chi connectivity index (χ0) is 33.7. The Bertz CT molecular complexity index is 1770. The lowest BCUT2D eigenvalue weighted by atomic mass is 10.0. The minimum Gasteiger partial charge on any atom is -0.479 e. The zero-order valence-corrected chi connectivity index (χ0v) is 26.4. The van der Waals surface area contributed by atoms with Crippen LogP contribution in [0.2, 0.25) is 0 Å². The fraction of sp³-hybridized carbons (Fsp3) is 0.529. The van der Waals surface area contributed by atoms with Crippen LogP contribution in [0.1, 0.15) is 56.9 Å². The number of carbonyl (C=O) groups excluding carboxylic acids is 3. The summed E-state index contributed by atoms with van der Waals surface area (Å²) in [6.07, 6.45) is 6.58. The van der Waals surface area contributed by atoms with E-state index in [-0.39, 0.29) is 37.3 Å². The summed E-state index contributed by atoms with van der Waals surface area (Å²) in [6.45, 7) is 1.32. The van der Waals surface area contributed by atoms with E-state index in [4.69, 9.17) is 4.74 Å². The fourth-order valence-corrected chi connectivity index (χ4v) is 7.46. The number of anilines is 3. The Kier molecular flexibility index (Phi) is 8.20. The molecule has 254 valence electrons. The third-order valence-electron chi connectivity index (χ3n) is 10.5. The minimum absolute atomic E-state index is 0.0881. The lowest BCUT2D eigenvalue weighted by Crippen LogP contribution is -2.55. The number of aliphatic carboxylic acids is 1. The van der Waals surface area contributed by atoms with Gasteiger partial charge >= 0.3 is 12.1 Å². The van der Waals surface area contributed by atoms with Crippen molar-refractivity contribution in [1.82, 2.24) is 10.2 Å². The van der Waals surface area contributed by atoms with Crippen molar-refractivity contribution in [3.8, 4) is 0 Å². The Hall–Kier alpha value is -4.75. The van der Waals surface area contributed by atoms with Gasteiger partial charge in [-0.05, 0) is 50.7 Å². The van der Waals surface area contributed by atoms with Crippen molar-refractivity contribution in [2.45, 2.75) is 81.5 Å². The number of carboxylic acid groups (broad SMARTS) is 1. The molecular weight excluding hydrogens is 625 g/mol. The smallest absolute Gasteiger partial charge is 0.414 e. The number of nitrogens with one attached hydrogen (secondary N) is 2. The van der Waals surface area contributed by atoms with E-state index in [0.717, 1.165) is 19.3 Å². The molecule has 1 aliphatic carbocycles. The number of fused-ring (bicyclic) bond motifs is 3. The molecule has 48 heavy (non-hydrogen) atoms. The summed E-state index contributed by atoms with van der Waals surface area (Å²) < 4.78 is 20.2. The van der Waals surface area contributed by atoms with Gasteiger partial charge in [0, 0.05) is 37.5 Å². The highest BCUT2D eigenvalue weighted by atomic mass is 19.1. The molecule has 0 radical (unpaired) electrons. The van der Waals surface area contributed by atoms with E-state index in [1.165, 1.54) is 21.9 Å². The summed E-state index contributed by atoms with van der Waals surface area (Å²) in [7, 11) is 0. The maximum absolute atomic E-state index is 14.4. The van der Waals surface area contributed by atoms with E-state index in [0.29, 0.717) is 50.0 Å². The van der Waals surface area contributed by atoms with Crippen LogP contribution in [0, 0.1) is 11.7 Å². The highest BCUT2D eigenvalue weighted by Crippen LogP contribution is 2.45. The first-order valence-electron chi connectivity index (χ1n) is 16.7. The monoisotopic (exact) mass is 663 g/mol. The molecular formula is C34H38FN5O8. The Morgan fingerprint density at radius 2 is 1.85 bits per heavy atom. The average molecular weight is 664 g/mol. The van der Waals surface area contributed by atoms with Crippen LogP contribution in [0.5, 0.6) is 0 Å². The number of ether oxygens (including phenoxy) is 1. The van der Waals surface area contributed by atoms with Gasteiger partial charge in [0.2, 0.25) is 11.8 Å². The molecule has 2 saturated heterocycles. The molecule has 3 fully saturated rings. The zero-order valence-electron chi connectivity index (χ0n) is 26.4. The van der Waals surface area contributed by atoms with Gasteiger partial charge in [0.15, 0.2) is 0 Å². The number of nitrogens with zero attached hydrogens (tertiary/aromatic N) is 3. The van der Waals surface area contributed by atoms with Crippen LogP contribution in [0.15, 0.2) is 39.9 Å². The number of halogens is 1. The van der Waals surface area contributed by atoms with E-state index in [9.17, 15) is 38.3 Å². The lowest BCUT2D eigenvalue weighted by molar-refractivity contribution is -0.145. The Morgan fingerprint density at radius 3 is 2.60 bits per heavy atom. The second-order valence-electron chi connectivity index (χ2n) is 13.4. The first-order valence-corrected chi connectivity index (χ1v) is 16.7. The predicted molar refractivity (Wildman–Crippen MR) is 172 cm³/mol. The number of allylic oxidation sites excluding steroid dienone is 1. The number of carbonyl (C=O) groups is 4. The summed E-state index contributed by atoms with van der Waals surface area (Å²) >= 11 is 0. The Labute approximate surface area is 275 Å². The maximum Gasteiger partial charge on any atom is 0.414 e. The molecule has 0 bridgehead atoms. The van der Waals surface area contributed by atoms with Gasteiger partial charge in [0.25, 0.3) is 10.9 Å². The summed E-state index contributed by atoms with van der Waals surface area (Å²) in [5.74, 6) is -3.20. The number of carboxylic acids is 1. The van der Waals surface area contributed by atoms with Crippen LogP contribution in [0.25, 0.3) is 0 Å². The Morgan fingerprint density at radius 1 is 1.04 bits per heavy atom. The number of rotatable bonds is 5. The molecule has 4 heterocycles. The second-order valence-corrected chi connectivity index (χ2v) is 13.4. The molecule has 3 amide bonds. The van der Waals surface area contributed by atoms with E-state index in [1.54, 1.807) is 11.0 Å². The molecule has 0 aromatic heterocycles. The molecule has 1 saturated carbocycles. The van der Waals surface area contributed by atoms with E-state index in [2.05, 4.69) is 10.6 Å². The van der Waals surface area contributed by atoms with Gasteiger partial charge in [-0.1, -0.05) is 31.1 Å². The van der Waals surface area contributed by atoms with Crippen LogP contribution >= 0.6 is 0 Å². The van der Waals surface area contributed by atoms with Crippen molar-refractivity contribution in [3.63, 3.8) is 0 Å². The third-order valence-corrected chi connectivity index (χ3v) is 10.5. The normalized spacial score (nSPS) is 29.5. The summed E-state index contributed by atoms with van der Waals surface area (Å²) in [5.41, 5.74) is -1.64. The number of hydrogen-bond acceptors (Lipinski definition) is 9. The standard InChI is InChI=1S/C34H38FN5O8/c35-22-9-6-11-24-21(22)12-15-39(24)33(47)48-20-16-25-30(43)37-34(32(45)46)17-19(34)8-4-2-1-3-5-10-23(31(44)40(25)18-20)36-26-27(29(42)28(26)41)38-13-7-14-38/h4,6,8-9,11,19-20,23,25,36H,1-3,5,7,10,12-18H2,(H,37,43)(H,45,46)/b8-4-/t19-,20-,23+,25+,34-/m1/s1. The van der Waals surface area contributed by atoms with E-state index in [1.807, 2.05) is 12.2 Å². The molecule has 13 nitrogen and oxygen atoms in total. The van der Waals surface area contributed by atoms with Gasteiger partial charge < -0.3 is 30.3 Å². The average Bonchev–Trinajstić information content (AvgIpc) is 3.34. The van der Waals surface area contributed by atoms with Gasteiger partial charge in [0.05, 0.1) is 12.2 Å². The highest BCUT2D eigenvalue weighted by Gasteiger charge is 2.61. The molecule has 0 unspecified atom stereocenters. The molecule has 7 rings (SSSR count). The van der Waals surface area contributed by atoms with Crippen molar-refractivity contribution < 1.29 is 33.4 Å². The molecule has 5 aliphatic rings. The van der Waals surface area contributed by atoms with Gasteiger partial charge in [-0.25, -0.2) is 14.0 Å². The van der Waals surface area contributed by atoms with Gasteiger partial charge in [-0.2, -0.15) is 0 Å². The van der Waals surface area contributed by atoms with E-state index >= 15 is 0 Å². The summed E-state index contributed by atoms with van der Waals surface area (Å²) in [5, 5.41) is 15.8. The van der Waals surface area contributed by atoms with Crippen LogP contribution in [0.3, 0.4) is 0 Å². The number of amides is 3. The van der Waals surface area contributed by atoms with Crippen molar-refractivity contribution in [2.75, 3.05) is 41.3 Å². The van der Waals surface area contributed by atoms with Gasteiger partial charge in [-0.15, -0.1) is 0 Å². The Balaban J connectivity index is 1.16. The highest BCUT2D eigenvalue weighted by molar-refractivity contribution is 5.97. The van der Waals surface area contributed by atoms with Crippen LogP contribution in [-0.4, -0.2) is 83.8 Å². The molecule has 2 aromatic rings. The van der Waals surface area contributed by atoms with Gasteiger partial charge in [-0.3, -0.25) is 24.1 Å². The van der Waals surface area contributed by atoms with Crippen LogP contribution in [-0.2, 0) is 25.5 Å². The predicted octanol–water partition coefficient (Wildman–Crippen LogP) is 2.06. The SMILES string of the molecule is O=C1N[C@]2(C(=O)O)C[C@H]2/C=C\CCCCC[C@H](Nc2c(N3CCC3)c(=O)c2=O)C(=O)N2C[C@H](OC(=O)N3CCc4c(F)cccc43)C[C@@H]12. The van der Waals surface area contributed by atoms with Gasteiger partial charge in [0.1, 0.15) is 40.9 Å². The molecule has 4 aliphatic heterocycles. The van der Waals surface area contributed by atoms with Crippen molar-refractivity contribution >= 4 is 40.9 Å². The quantitative estimate of drug-likeness (QED) is 0.319. The fourth-order valence-electron chi connectivity index (χ4n) is 7.46. The molecule has 5 atom stereocenters.